The average molecular weight is 298 g/mol. The van der Waals surface area contributed by atoms with Gasteiger partial charge in [-0.2, -0.15) is 5.26 Å². The van der Waals surface area contributed by atoms with E-state index in [4.69, 9.17) is 14.7 Å². The van der Waals surface area contributed by atoms with Crippen LogP contribution in [0.5, 0.6) is 11.5 Å². The van der Waals surface area contributed by atoms with Crippen molar-refractivity contribution in [3.05, 3.63) is 41.0 Å². The molecule has 1 amide bonds. The quantitative estimate of drug-likeness (QED) is 0.684. The Morgan fingerprint density at radius 1 is 1.55 bits per heavy atom. The third-order valence-electron chi connectivity index (χ3n) is 3.33. The molecule has 1 aromatic carbocycles. The summed E-state index contributed by atoms with van der Waals surface area (Å²) >= 11 is 0. The maximum atomic E-state index is 11.8. The Morgan fingerprint density at radius 2 is 2.32 bits per heavy atom. The van der Waals surface area contributed by atoms with Gasteiger partial charge in [-0.15, -0.1) is 0 Å². The minimum Gasteiger partial charge on any atom is -0.493 e. The van der Waals surface area contributed by atoms with Crippen molar-refractivity contribution in [2.24, 2.45) is 0 Å². The summed E-state index contributed by atoms with van der Waals surface area (Å²) in [4.78, 5) is 11.8. The van der Waals surface area contributed by atoms with Gasteiger partial charge in [0, 0.05) is 12.1 Å². The van der Waals surface area contributed by atoms with Crippen molar-refractivity contribution in [2.75, 3.05) is 13.7 Å². The fourth-order valence-corrected chi connectivity index (χ4v) is 2.21. The predicted molar refractivity (Wildman–Crippen MR) is 83.4 cm³/mol. The van der Waals surface area contributed by atoms with E-state index in [0.29, 0.717) is 18.0 Å². The molecule has 1 aliphatic heterocycles. The second-order valence-electron chi connectivity index (χ2n) is 4.81. The lowest BCUT2D eigenvalue weighted by Gasteiger charge is -2.24. The summed E-state index contributed by atoms with van der Waals surface area (Å²) in [7, 11) is 1.59. The normalized spacial score (nSPS) is 16.7. The molecule has 0 radical (unpaired) electrons. The molecule has 1 aromatic rings. The van der Waals surface area contributed by atoms with E-state index in [-0.39, 0.29) is 17.6 Å². The lowest BCUT2D eigenvalue weighted by Crippen LogP contribution is -2.25. The number of hydrogen-bond acceptors (Lipinski definition) is 4. The fraction of sp³-hybridized carbons (Fsp3) is 0.294. The van der Waals surface area contributed by atoms with Crippen LogP contribution in [0.25, 0.3) is 6.08 Å². The summed E-state index contributed by atoms with van der Waals surface area (Å²) in [5.41, 5.74) is 1.69. The SMILES string of the molecule is CCNC(=O)/C(C#N)=C\C1=Cc2cccc(OC)c2OC1C. The lowest BCUT2D eigenvalue weighted by molar-refractivity contribution is -0.117. The molecule has 1 unspecified atom stereocenters. The molecule has 1 heterocycles. The molecule has 0 saturated carbocycles. The number of carbonyl (C=O) groups is 1. The Hall–Kier alpha value is -2.74. The number of likely N-dealkylation sites (N-methyl/N-ethyl adjacent to an activating group) is 1. The highest BCUT2D eigenvalue weighted by molar-refractivity contribution is 5.98. The van der Waals surface area contributed by atoms with Gasteiger partial charge >= 0.3 is 0 Å². The van der Waals surface area contributed by atoms with Crippen molar-refractivity contribution in [3.63, 3.8) is 0 Å². The molecule has 1 N–H and O–H groups in total. The Bertz CT molecular complexity index is 684. The minimum atomic E-state index is -0.380. The number of hydrogen-bond donors (Lipinski definition) is 1. The third-order valence-corrected chi connectivity index (χ3v) is 3.33. The average Bonchev–Trinajstić information content (AvgIpc) is 2.52. The Balaban J connectivity index is 2.41. The molecule has 0 bridgehead atoms. The summed E-state index contributed by atoms with van der Waals surface area (Å²) in [6.07, 6.45) is 3.20. The van der Waals surface area contributed by atoms with Gasteiger partial charge in [-0.1, -0.05) is 12.1 Å². The van der Waals surface area contributed by atoms with Crippen molar-refractivity contribution in [3.8, 4) is 17.6 Å². The molecular formula is C17H18N2O3. The number of rotatable bonds is 4. The van der Waals surface area contributed by atoms with Gasteiger partial charge in [0.05, 0.1) is 7.11 Å². The van der Waals surface area contributed by atoms with Gasteiger partial charge < -0.3 is 14.8 Å². The minimum absolute atomic E-state index is 0.0647. The highest BCUT2D eigenvalue weighted by Gasteiger charge is 2.22. The standard InChI is InChI=1S/C17H18N2O3/c1-4-19-17(20)14(10-18)9-13-8-12-6-5-7-15(21-3)16(12)22-11(13)2/h5-9,11H,4H2,1-3H3,(H,19,20)/b14-9-. The van der Waals surface area contributed by atoms with E-state index >= 15 is 0 Å². The first kappa shape index (κ1) is 15.6. The first-order valence-electron chi connectivity index (χ1n) is 7.06. The Labute approximate surface area is 129 Å². The number of carbonyl (C=O) groups excluding carboxylic acids is 1. The topological polar surface area (TPSA) is 71.4 Å². The first-order valence-corrected chi connectivity index (χ1v) is 7.06. The van der Waals surface area contributed by atoms with Crippen molar-refractivity contribution < 1.29 is 14.3 Å². The molecule has 2 rings (SSSR count). The number of nitrogens with zero attached hydrogens (tertiary/aromatic N) is 1. The highest BCUT2D eigenvalue weighted by Crippen LogP contribution is 2.37. The largest absolute Gasteiger partial charge is 0.493 e. The van der Waals surface area contributed by atoms with Gasteiger partial charge in [-0.3, -0.25) is 4.79 Å². The van der Waals surface area contributed by atoms with Crippen LogP contribution >= 0.6 is 0 Å². The smallest absolute Gasteiger partial charge is 0.261 e. The molecule has 22 heavy (non-hydrogen) atoms. The Kier molecular flexibility index (Phi) is 4.84. The summed E-state index contributed by atoms with van der Waals surface area (Å²) in [6.45, 7) is 4.15. The highest BCUT2D eigenvalue weighted by atomic mass is 16.5. The van der Waals surface area contributed by atoms with Crippen molar-refractivity contribution in [1.82, 2.24) is 5.32 Å². The van der Waals surface area contributed by atoms with Crippen LogP contribution in [0.1, 0.15) is 19.4 Å². The van der Waals surface area contributed by atoms with Crippen molar-refractivity contribution in [2.45, 2.75) is 20.0 Å². The predicted octanol–water partition coefficient (Wildman–Crippen LogP) is 2.45. The monoisotopic (exact) mass is 298 g/mol. The molecule has 0 aliphatic carbocycles. The van der Waals surface area contributed by atoms with Crippen LogP contribution in [-0.2, 0) is 4.79 Å². The second kappa shape index (κ2) is 6.81. The number of para-hydroxylation sites is 1. The molecule has 0 saturated heterocycles. The summed E-state index contributed by atoms with van der Waals surface area (Å²) in [5.74, 6) is 0.952. The van der Waals surface area contributed by atoms with Crippen LogP contribution in [0.2, 0.25) is 0 Å². The maximum Gasteiger partial charge on any atom is 0.261 e. The molecule has 1 aliphatic rings. The molecule has 5 heteroatoms. The van der Waals surface area contributed by atoms with Crippen LogP contribution in [0.15, 0.2) is 35.4 Å². The van der Waals surface area contributed by atoms with Crippen molar-refractivity contribution in [1.29, 1.82) is 5.26 Å². The van der Waals surface area contributed by atoms with Gasteiger partial charge in [0.1, 0.15) is 17.7 Å². The molecule has 114 valence electrons. The first-order chi connectivity index (χ1) is 10.6. The number of amides is 1. The van der Waals surface area contributed by atoms with E-state index in [0.717, 1.165) is 11.1 Å². The molecule has 1 atom stereocenters. The van der Waals surface area contributed by atoms with Gasteiger partial charge in [0.2, 0.25) is 0 Å². The van der Waals surface area contributed by atoms with Crippen molar-refractivity contribution >= 4 is 12.0 Å². The zero-order valence-corrected chi connectivity index (χ0v) is 12.8. The van der Waals surface area contributed by atoms with E-state index in [1.807, 2.05) is 37.3 Å². The molecule has 0 aromatic heterocycles. The van der Waals surface area contributed by atoms with Crippen LogP contribution in [-0.4, -0.2) is 25.7 Å². The molecule has 0 spiro atoms. The van der Waals surface area contributed by atoms with Crippen LogP contribution in [0, 0.1) is 11.3 Å². The number of methoxy groups -OCH3 is 1. The Morgan fingerprint density at radius 3 is 2.95 bits per heavy atom. The van der Waals surface area contributed by atoms with Gasteiger partial charge in [-0.05, 0) is 37.6 Å². The van der Waals surface area contributed by atoms with Crippen LogP contribution in [0.4, 0.5) is 0 Å². The van der Waals surface area contributed by atoms with E-state index in [9.17, 15) is 4.79 Å². The van der Waals surface area contributed by atoms with Gasteiger partial charge in [0.15, 0.2) is 11.5 Å². The number of nitriles is 1. The van der Waals surface area contributed by atoms with E-state index < -0.39 is 0 Å². The summed E-state index contributed by atoms with van der Waals surface area (Å²) < 4.78 is 11.2. The van der Waals surface area contributed by atoms with Crippen LogP contribution < -0.4 is 14.8 Å². The van der Waals surface area contributed by atoms with Crippen LogP contribution in [0.3, 0.4) is 0 Å². The van der Waals surface area contributed by atoms with Gasteiger partial charge in [0.25, 0.3) is 5.91 Å². The van der Waals surface area contributed by atoms with E-state index in [1.165, 1.54) is 0 Å². The molecular weight excluding hydrogens is 280 g/mol. The zero-order chi connectivity index (χ0) is 16.1. The fourth-order valence-electron chi connectivity index (χ4n) is 2.21. The number of nitrogens with one attached hydrogen (secondary N) is 1. The number of fused-ring (bicyclic) bond motifs is 1. The van der Waals surface area contributed by atoms with Gasteiger partial charge in [-0.25, -0.2) is 0 Å². The lowest BCUT2D eigenvalue weighted by atomic mass is 10.00. The van der Waals surface area contributed by atoms with E-state index in [2.05, 4.69) is 5.32 Å². The molecule has 0 fully saturated rings. The molecule has 5 nitrogen and oxygen atoms in total. The summed E-state index contributed by atoms with van der Waals surface area (Å²) in [6, 6.07) is 7.52. The van der Waals surface area contributed by atoms with E-state index in [1.54, 1.807) is 20.1 Å². The second-order valence-corrected chi connectivity index (χ2v) is 4.81. The number of ether oxygens (including phenoxy) is 2. The summed E-state index contributed by atoms with van der Waals surface area (Å²) in [5, 5.41) is 11.8. The third kappa shape index (κ3) is 3.12. The number of benzene rings is 1. The zero-order valence-electron chi connectivity index (χ0n) is 12.8. The maximum absolute atomic E-state index is 11.8.